The molecule has 0 fully saturated rings. The van der Waals surface area contributed by atoms with E-state index in [9.17, 15) is 9.59 Å². The highest BCUT2D eigenvalue weighted by Crippen LogP contribution is 2.22. The van der Waals surface area contributed by atoms with E-state index in [4.69, 9.17) is 4.74 Å². The van der Waals surface area contributed by atoms with Gasteiger partial charge in [-0.2, -0.15) is 0 Å². The molecule has 128 valence electrons. The predicted molar refractivity (Wildman–Crippen MR) is 95.8 cm³/mol. The monoisotopic (exact) mass is 337 g/mol. The normalized spacial score (nSPS) is 12.7. The highest BCUT2D eigenvalue weighted by Gasteiger charge is 2.17. The van der Waals surface area contributed by atoms with Gasteiger partial charge in [0.05, 0.1) is 6.54 Å². The average Bonchev–Trinajstić information content (AvgIpc) is 2.49. The van der Waals surface area contributed by atoms with Gasteiger partial charge in [0, 0.05) is 10.8 Å². The molecule has 0 aliphatic rings. The summed E-state index contributed by atoms with van der Waals surface area (Å²) in [7, 11) is 0. The van der Waals surface area contributed by atoms with Crippen molar-refractivity contribution in [2.24, 2.45) is 0 Å². The molecule has 1 aromatic rings. The Balaban J connectivity index is 2.29. The van der Waals surface area contributed by atoms with Crippen molar-refractivity contribution in [1.82, 2.24) is 5.32 Å². The van der Waals surface area contributed by atoms with Crippen molar-refractivity contribution < 1.29 is 14.3 Å². The van der Waals surface area contributed by atoms with Gasteiger partial charge in [-0.1, -0.05) is 49.0 Å². The van der Waals surface area contributed by atoms with Crippen LogP contribution in [0, 0.1) is 0 Å². The van der Waals surface area contributed by atoms with Crippen molar-refractivity contribution in [1.29, 1.82) is 0 Å². The van der Waals surface area contributed by atoms with E-state index in [1.54, 1.807) is 0 Å². The number of carbonyl (C=O) groups excluding carboxylic acids is 2. The maximum absolute atomic E-state index is 12.2. The average molecular weight is 337 g/mol. The van der Waals surface area contributed by atoms with Crippen LogP contribution in [0.1, 0.15) is 50.9 Å². The van der Waals surface area contributed by atoms with E-state index in [0.717, 1.165) is 18.4 Å². The van der Waals surface area contributed by atoms with Crippen LogP contribution in [-0.2, 0) is 9.53 Å². The Kier molecular flexibility index (Phi) is 8.34. The molecule has 0 aliphatic heterocycles. The van der Waals surface area contributed by atoms with Gasteiger partial charge in [0.15, 0.2) is 0 Å². The quantitative estimate of drug-likeness (QED) is 0.579. The molecule has 1 unspecified atom stereocenters. The van der Waals surface area contributed by atoms with E-state index in [2.05, 4.69) is 12.2 Å². The number of carbonyl (C=O) groups is 2. The summed E-state index contributed by atoms with van der Waals surface area (Å²) in [5, 5.41) is 3.43. The second kappa shape index (κ2) is 9.73. The van der Waals surface area contributed by atoms with Crippen molar-refractivity contribution >= 4 is 22.8 Å². The van der Waals surface area contributed by atoms with Crippen molar-refractivity contribution in [2.75, 3.05) is 13.1 Å². The van der Waals surface area contributed by atoms with Crippen molar-refractivity contribution in [3.05, 3.63) is 35.9 Å². The summed E-state index contributed by atoms with van der Waals surface area (Å²) in [6.07, 6.45) is 1.75. The largest absolute Gasteiger partial charge is 0.459 e. The Bertz CT molecular complexity index is 497. The topological polar surface area (TPSA) is 55.4 Å². The first-order valence-corrected chi connectivity index (χ1v) is 8.88. The molecule has 5 heteroatoms. The van der Waals surface area contributed by atoms with E-state index < -0.39 is 5.60 Å². The molecule has 0 aliphatic carbocycles. The first-order valence-electron chi connectivity index (χ1n) is 8.00. The molecule has 23 heavy (non-hydrogen) atoms. The fourth-order valence-corrected chi connectivity index (χ4v) is 2.95. The lowest BCUT2D eigenvalue weighted by Gasteiger charge is -2.20. The van der Waals surface area contributed by atoms with Crippen molar-refractivity contribution in [2.45, 2.75) is 51.4 Å². The van der Waals surface area contributed by atoms with Gasteiger partial charge in [0.25, 0.3) is 0 Å². The molecule has 0 saturated carbocycles. The lowest BCUT2D eigenvalue weighted by Crippen LogP contribution is -2.32. The second-order valence-electron chi connectivity index (χ2n) is 6.35. The third kappa shape index (κ3) is 8.77. The molecule has 0 saturated heterocycles. The highest BCUT2D eigenvalue weighted by molar-refractivity contribution is 8.14. The number of benzene rings is 1. The summed E-state index contributed by atoms with van der Waals surface area (Å²) in [5.74, 6) is -0.251. The zero-order chi connectivity index (χ0) is 17.3. The zero-order valence-electron chi connectivity index (χ0n) is 14.4. The van der Waals surface area contributed by atoms with Gasteiger partial charge in [-0.15, -0.1) is 0 Å². The van der Waals surface area contributed by atoms with E-state index >= 15 is 0 Å². The van der Waals surface area contributed by atoms with Crippen LogP contribution in [0.2, 0.25) is 0 Å². The predicted octanol–water partition coefficient (Wildman–Crippen LogP) is 3.66. The van der Waals surface area contributed by atoms with E-state index in [-0.39, 0.29) is 22.9 Å². The molecule has 4 nitrogen and oxygen atoms in total. The van der Waals surface area contributed by atoms with Crippen LogP contribution < -0.4 is 5.32 Å². The van der Waals surface area contributed by atoms with Crippen LogP contribution in [0.25, 0.3) is 0 Å². The van der Waals surface area contributed by atoms with Crippen LogP contribution in [0.5, 0.6) is 0 Å². The number of hydrogen-bond acceptors (Lipinski definition) is 5. The summed E-state index contributed by atoms with van der Waals surface area (Å²) < 4.78 is 5.23. The zero-order valence-corrected chi connectivity index (χ0v) is 15.2. The Labute approximate surface area is 143 Å². The molecular formula is C18H27NO3S. The number of ether oxygens (including phenoxy) is 1. The van der Waals surface area contributed by atoms with Gasteiger partial charge in [-0.25, -0.2) is 0 Å². The number of esters is 1. The summed E-state index contributed by atoms with van der Waals surface area (Å²) in [4.78, 5) is 23.8. The van der Waals surface area contributed by atoms with E-state index in [1.165, 1.54) is 11.8 Å². The van der Waals surface area contributed by atoms with Crippen LogP contribution in [0.15, 0.2) is 30.3 Å². The molecule has 0 spiro atoms. The minimum Gasteiger partial charge on any atom is -0.459 e. The minimum atomic E-state index is -0.456. The van der Waals surface area contributed by atoms with Crippen LogP contribution >= 0.6 is 11.8 Å². The Hall–Kier alpha value is -1.33. The lowest BCUT2D eigenvalue weighted by atomic mass is 10.2. The molecule has 0 heterocycles. The number of nitrogens with one attached hydrogen (secondary N) is 1. The minimum absolute atomic E-state index is 0.101. The first-order chi connectivity index (χ1) is 10.8. The molecule has 0 radical (unpaired) electrons. The number of hydrogen-bond donors (Lipinski definition) is 1. The Morgan fingerprint density at radius 3 is 2.43 bits per heavy atom. The summed E-state index contributed by atoms with van der Waals surface area (Å²) in [6.45, 7) is 8.51. The molecule has 0 aromatic heterocycles. The molecular weight excluding hydrogens is 310 g/mol. The molecule has 1 aromatic carbocycles. The fourth-order valence-electron chi connectivity index (χ4n) is 1.97. The molecule has 0 amide bonds. The highest BCUT2D eigenvalue weighted by atomic mass is 32.2. The summed E-state index contributed by atoms with van der Waals surface area (Å²) in [5.41, 5.74) is 0.278. The first kappa shape index (κ1) is 19.7. The van der Waals surface area contributed by atoms with Gasteiger partial charge in [-0.05, 0) is 40.2 Å². The third-order valence-electron chi connectivity index (χ3n) is 3.07. The lowest BCUT2D eigenvalue weighted by molar-refractivity contribution is -0.153. The molecule has 1 N–H and O–H groups in total. The van der Waals surface area contributed by atoms with Gasteiger partial charge in [0.1, 0.15) is 5.60 Å². The Morgan fingerprint density at radius 1 is 1.22 bits per heavy atom. The molecule has 1 atom stereocenters. The number of thioether (sulfide) groups is 1. The second-order valence-corrected chi connectivity index (χ2v) is 7.63. The van der Waals surface area contributed by atoms with E-state index in [1.807, 2.05) is 51.1 Å². The maximum atomic E-state index is 12.2. The standard InChI is InChI=1S/C18H27NO3S/c1-5-15(23-17(21)14-9-7-6-8-10-14)11-12-19-13-16(20)22-18(2,3)4/h6-10,15,19H,5,11-13H2,1-4H3. The van der Waals surface area contributed by atoms with Gasteiger partial charge in [0.2, 0.25) is 5.12 Å². The summed E-state index contributed by atoms with van der Waals surface area (Å²) >= 11 is 1.37. The van der Waals surface area contributed by atoms with Crippen molar-refractivity contribution in [3.63, 3.8) is 0 Å². The van der Waals surface area contributed by atoms with Crippen LogP contribution in [0.4, 0.5) is 0 Å². The maximum Gasteiger partial charge on any atom is 0.320 e. The van der Waals surface area contributed by atoms with Gasteiger partial charge >= 0.3 is 5.97 Å². The van der Waals surface area contributed by atoms with Gasteiger partial charge < -0.3 is 10.1 Å². The number of rotatable bonds is 8. The third-order valence-corrected chi connectivity index (χ3v) is 4.42. The van der Waals surface area contributed by atoms with Gasteiger partial charge in [-0.3, -0.25) is 9.59 Å². The molecule has 1 rings (SSSR count). The van der Waals surface area contributed by atoms with Crippen molar-refractivity contribution in [3.8, 4) is 0 Å². The van der Waals surface area contributed by atoms with Crippen LogP contribution in [0.3, 0.4) is 0 Å². The SMILES string of the molecule is CCC(CCNCC(=O)OC(C)(C)C)SC(=O)c1ccccc1. The Morgan fingerprint density at radius 2 is 1.87 bits per heavy atom. The smallest absolute Gasteiger partial charge is 0.320 e. The summed E-state index contributed by atoms with van der Waals surface area (Å²) in [6, 6.07) is 9.32. The van der Waals surface area contributed by atoms with E-state index in [0.29, 0.717) is 6.54 Å². The fraction of sp³-hybridized carbons (Fsp3) is 0.556. The van der Waals surface area contributed by atoms with Crippen LogP contribution in [-0.4, -0.2) is 35.0 Å². The molecule has 0 bridgehead atoms.